The molecule has 0 aliphatic carbocycles. The molecular weight excluding hydrogens is 138 g/mol. The molecule has 0 aliphatic heterocycles. The summed E-state index contributed by atoms with van der Waals surface area (Å²) in [5, 5.41) is 9.33. The van der Waals surface area contributed by atoms with Crippen LogP contribution >= 0.6 is 0 Å². The zero-order valence-electron chi connectivity index (χ0n) is 6.70. The fourth-order valence-electron chi connectivity index (χ4n) is 0.902. The second kappa shape index (κ2) is 3.19. The lowest BCUT2D eigenvalue weighted by molar-refractivity contribution is 0.474. The number of phenols is 1. The molecule has 0 atom stereocenters. The van der Waals surface area contributed by atoms with E-state index in [1.807, 2.05) is 19.1 Å². The van der Waals surface area contributed by atoms with E-state index >= 15 is 0 Å². The maximum atomic E-state index is 9.33. The molecule has 58 valence electrons. The van der Waals surface area contributed by atoms with Crippen molar-refractivity contribution in [3.8, 4) is 5.75 Å². The number of phenolic OH excluding ortho intramolecular Hbond substituents is 1. The Kier molecular flexibility index (Phi) is 2.26. The Balaban J connectivity index is 3.09. The largest absolute Gasteiger partial charge is 0.507 e. The first kappa shape index (κ1) is 7.79. The summed E-state index contributed by atoms with van der Waals surface area (Å²) in [5.41, 5.74) is 1.81. The lowest BCUT2D eigenvalue weighted by atomic mass is 10.1. The van der Waals surface area contributed by atoms with E-state index in [0.717, 1.165) is 11.1 Å². The molecule has 0 aromatic heterocycles. The molecule has 0 fully saturated rings. The molecule has 0 aliphatic rings. The van der Waals surface area contributed by atoms with Crippen LogP contribution in [-0.4, -0.2) is 18.4 Å². The van der Waals surface area contributed by atoms with Crippen molar-refractivity contribution >= 4 is 6.21 Å². The van der Waals surface area contributed by atoms with Gasteiger partial charge in [0.25, 0.3) is 0 Å². The van der Waals surface area contributed by atoms with Crippen molar-refractivity contribution in [3.63, 3.8) is 0 Å². The molecule has 11 heavy (non-hydrogen) atoms. The number of hydrogen-bond acceptors (Lipinski definition) is 2. The van der Waals surface area contributed by atoms with E-state index in [2.05, 4.69) is 4.99 Å². The number of aryl methyl sites for hydroxylation is 1. The van der Waals surface area contributed by atoms with Gasteiger partial charge in [0, 0.05) is 18.8 Å². The highest BCUT2D eigenvalue weighted by Gasteiger charge is 1.95. The van der Waals surface area contributed by atoms with Gasteiger partial charge >= 0.3 is 0 Å². The minimum Gasteiger partial charge on any atom is -0.507 e. The molecule has 0 heterocycles. The zero-order valence-corrected chi connectivity index (χ0v) is 6.70. The van der Waals surface area contributed by atoms with Gasteiger partial charge in [0.05, 0.1) is 0 Å². The first-order chi connectivity index (χ1) is 5.24. The summed E-state index contributed by atoms with van der Waals surface area (Å²) in [4.78, 5) is 3.81. The van der Waals surface area contributed by atoms with E-state index in [9.17, 15) is 5.11 Å². The summed E-state index contributed by atoms with van der Waals surface area (Å²) in [5.74, 6) is 0.288. The van der Waals surface area contributed by atoms with Crippen LogP contribution in [0.25, 0.3) is 0 Å². The molecule has 0 saturated heterocycles. The smallest absolute Gasteiger partial charge is 0.124 e. The quantitative estimate of drug-likeness (QED) is 0.606. The van der Waals surface area contributed by atoms with Crippen molar-refractivity contribution < 1.29 is 5.11 Å². The van der Waals surface area contributed by atoms with Gasteiger partial charge in [-0.1, -0.05) is 6.07 Å². The number of nitrogens with zero attached hydrogens (tertiary/aromatic N) is 1. The summed E-state index contributed by atoms with van der Waals surface area (Å²) in [6.45, 7) is 1.94. The van der Waals surface area contributed by atoms with E-state index in [4.69, 9.17) is 0 Å². The van der Waals surface area contributed by atoms with Crippen molar-refractivity contribution in [1.82, 2.24) is 0 Å². The molecule has 0 unspecified atom stereocenters. The lowest BCUT2D eigenvalue weighted by Crippen LogP contribution is -1.82. The van der Waals surface area contributed by atoms with Gasteiger partial charge in [-0.2, -0.15) is 0 Å². The Hall–Kier alpha value is -1.31. The van der Waals surface area contributed by atoms with Crippen LogP contribution in [0.1, 0.15) is 11.1 Å². The normalized spacial score (nSPS) is 10.7. The third-order valence-electron chi connectivity index (χ3n) is 1.45. The molecule has 2 nitrogen and oxygen atoms in total. The Morgan fingerprint density at radius 2 is 2.18 bits per heavy atom. The molecule has 2 heteroatoms. The second-order valence-corrected chi connectivity index (χ2v) is 2.45. The van der Waals surface area contributed by atoms with Crippen LogP contribution in [0.15, 0.2) is 23.2 Å². The summed E-state index contributed by atoms with van der Waals surface area (Å²) in [6.07, 6.45) is 1.63. The van der Waals surface area contributed by atoms with Gasteiger partial charge in [-0.15, -0.1) is 0 Å². The number of rotatable bonds is 1. The minimum atomic E-state index is 0.288. The van der Waals surface area contributed by atoms with Crippen LogP contribution in [0, 0.1) is 6.92 Å². The van der Waals surface area contributed by atoms with Crippen molar-refractivity contribution in [1.29, 1.82) is 0 Å². The average molecular weight is 149 g/mol. The van der Waals surface area contributed by atoms with E-state index < -0.39 is 0 Å². The maximum absolute atomic E-state index is 9.33. The zero-order chi connectivity index (χ0) is 8.27. The van der Waals surface area contributed by atoms with E-state index in [0.29, 0.717) is 0 Å². The fraction of sp³-hybridized carbons (Fsp3) is 0.222. The Bertz CT molecular complexity index is 279. The first-order valence-corrected chi connectivity index (χ1v) is 3.46. The third kappa shape index (κ3) is 1.80. The van der Waals surface area contributed by atoms with Crippen molar-refractivity contribution in [2.24, 2.45) is 4.99 Å². The SMILES string of the molecule is C/N=C\c1ccc(C)cc1O. The van der Waals surface area contributed by atoms with Gasteiger partial charge in [-0.25, -0.2) is 0 Å². The van der Waals surface area contributed by atoms with Crippen LogP contribution in [-0.2, 0) is 0 Å². The highest BCUT2D eigenvalue weighted by Crippen LogP contribution is 2.15. The van der Waals surface area contributed by atoms with Crippen LogP contribution in [0.5, 0.6) is 5.75 Å². The molecule has 0 bridgehead atoms. The predicted octanol–water partition coefficient (Wildman–Crippen LogP) is 1.75. The summed E-state index contributed by atoms with van der Waals surface area (Å²) in [7, 11) is 1.68. The molecule has 0 spiro atoms. The van der Waals surface area contributed by atoms with E-state index in [-0.39, 0.29) is 5.75 Å². The van der Waals surface area contributed by atoms with Gasteiger partial charge in [0.2, 0.25) is 0 Å². The van der Waals surface area contributed by atoms with Gasteiger partial charge in [0.15, 0.2) is 0 Å². The first-order valence-electron chi connectivity index (χ1n) is 3.46. The van der Waals surface area contributed by atoms with Gasteiger partial charge in [-0.05, 0) is 24.6 Å². The predicted molar refractivity (Wildman–Crippen MR) is 46.4 cm³/mol. The number of aliphatic imine (C=N–C) groups is 1. The summed E-state index contributed by atoms with van der Waals surface area (Å²) in [6, 6.07) is 5.51. The lowest BCUT2D eigenvalue weighted by Gasteiger charge is -1.98. The molecule has 1 aromatic carbocycles. The molecule has 1 rings (SSSR count). The minimum absolute atomic E-state index is 0.288. The highest BCUT2D eigenvalue weighted by atomic mass is 16.3. The van der Waals surface area contributed by atoms with E-state index in [1.54, 1.807) is 19.3 Å². The van der Waals surface area contributed by atoms with Crippen molar-refractivity contribution in [2.75, 3.05) is 7.05 Å². The summed E-state index contributed by atoms with van der Waals surface area (Å²) < 4.78 is 0. The molecule has 0 amide bonds. The molecule has 0 saturated carbocycles. The van der Waals surface area contributed by atoms with Crippen LogP contribution in [0.2, 0.25) is 0 Å². The van der Waals surface area contributed by atoms with Crippen LogP contribution < -0.4 is 0 Å². The Morgan fingerprint density at radius 3 is 2.73 bits per heavy atom. The van der Waals surface area contributed by atoms with Gasteiger partial charge < -0.3 is 5.11 Å². The third-order valence-corrected chi connectivity index (χ3v) is 1.45. The fourth-order valence-corrected chi connectivity index (χ4v) is 0.902. The van der Waals surface area contributed by atoms with E-state index in [1.165, 1.54) is 0 Å². The Morgan fingerprint density at radius 1 is 1.45 bits per heavy atom. The second-order valence-electron chi connectivity index (χ2n) is 2.45. The Labute approximate surface area is 66.2 Å². The average Bonchev–Trinajstić information content (AvgIpc) is 1.95. The number of aromatic hydroxyl groups is 1. The van der Waals surface area contributed by atoms with Gasteiger partial charge in [-0.3, -0.25) is 4.99 Å². The van der Waals surface area contributed by atoms with Crippen molar-refractivity contribution in [3.05, 3.63) is 29.3 Å². The standard InChI is InChI=1S/C9H11NO/c1-7-3-4-8(6-10-2)9(11)5-7/h3-6,11H,1-2H3/b10-6-. The van der Waals surface area contributed by atoms with Crippen LogP contribution in [0.3, 0.4) is 0 Å². The molecule has 1 aromatic rings. The van der Waals surface area contributed by atoms with Gasteiger partial charge in [0.1, 0.15) is 5.75 Å². The van der Waals surface area contributed by atoms with Crippen LogP contribution in [0.4, 0.5) is 0 Å². The topological polar surface area (TPSA) is 32.6 Å². The summed E-state index contributed by atoms with van der Waals surface area (Å²) >= 11 is 0. The van der Waals surface area contributed by atoms with Crippen molar-refractivity contribution in [2.45, 2.75) is 6.92 Å². The molecule has 1 N–H and O–H groups in total. The number of benzene rings is 1. The maximum Gasteiger partial charge on any atom is 0.124 e. The molecule has 0 radical (unpaired) electrons. The number of hydrogen-bond donors (Lipinski definition) is 1. The molecular formula is C9H11NO. The highest BCUT2D eigenvalue weighted by molar-refractivity contribution is 5.83. The monoisotopic (exact) mass is 149 g/mol.